The molecule has 4 nitrogen and oxygen atoms in total. The monoisotopic (exact) mass is 500 g/mol. The molecule has 0 bridgehead atoms. The SMILES string of the molecule is O=C(COc1c(-c2ccccc2Cl)oc2ccc(Cl)cc2c1=O)c1ccc(-c2ccccc2)cc1. The molecule has 0 saturated heterocycles. The van der Waals surface area contributed by atoms with E-state index in [9.17, 15) is 9.59 Å². The normalized spacial score (nSPS) is 10.9. The lowest BCUT2D eigenvalue weighted by Crippen LogP contribution is -2.17. The first-order valence-corrected chi connectivity index (χ1v) is 11.6. The summed E-state index contributed by atoms with van der Waals surface area (Å²) >= 11 is 12.5. The topological polar surface area (TPSA) is 56.5 Å². The van der Waals surface area contributed by atoms with E-state index in [-0.39, 0.29) is 29.3 Å². The molecular formula is C29H18Cl2O4. The quantitative estimate of drug-likeness (QED) is 0.224. The predicted molar refractivity (Wildman–Crippen MR) is 140 cm³/mol. The summed E-state index contributed by atoms with van der Waals surface area (Å²) < 4.78 is 11.8. The second-order valence-electron chi connectivity index (χ2n) is 7.86. The van der Waals surface area contributed by atoms with Crippen molar-refractivity contribution in [2.45, 2.75) is 0 Å². The Hall–Kier alpha value is -3.86. The largest absolute Gasteiger partial charge is 0.478 e. The van der Waals surface area contributed by atoms with E-state index in [1.807, 2.05) is 42.5 Å². The van der Waals surface area contributed by atoms with Gasteiger partial charge in [0.2, 0.25) is 11.2 Å². The van der Waals surface area contributed by atoms with Crippen LogP contribution in [0, 0.1) is 0 Å². The molecule has 0 unspecified atom stereocenters. The molecule has 0 radical (unpaired) electrons. The molecule has 5 aromatic rings. The molecule has 0 aliphatic carbocycles. The Morgan fingerprint density at radius 2 is 1.49 bits per heavy atom. The Kier molecular flexibility index (Phi) is 6.41. The van der Waals surface area contributed by atoms with Crippen LogP contribution in [0.5, 0.6) is 5.75 Å². The van der Waals surface area contributed by atoms with Crippen molar-refractivity contribution in [3.8, 4) is 28.2 Å². The minimum Gasteiger partial charge on any atom is -0.478 e. The van der Waals surface area contributed by atoms with E-state index >= 15 is 0 Å². The van der Waals surface area contributed by atoms with Crippen LogP contribution in [0.15, 0.2) is 106 Å². The number of hydrogen-bond donors (Lipinski definition) is 0. The molecule has 1 heterocycles. The van der Waals surface area contributed by atoms with Crippen molar-refractivity contribution in [3.63, 3.8) is 0 Å². The van der Waals surface area contributed by atoms with Crippen LogP contribution in [-0.2, 0) is 0 Å². The van der Waals surface area contributed by atoms with Crippen molar-refractivity contribution in [1.29, 1.82) is 0 Å². The van der Waals surface area contributed by atoms with Gasteiger partial charge < -0.3 is 9.15 Å². The van der Waals surface area contributed by atoms with Gasteiger partial charge in [-0.15, -0.1) is 0 Å². The molecular weight excluding hydrogens is 483 g/mol. The Morgan fingerprint density at radius 3 is 2.23 bits per heavy atom. The number of carbonyl (C=O) groups excluding carboxylic acids is 1. The van der Waals surface area contributed by atoms with Gasteiger partial charge in [-0.3, -0.25) is 9.59 Å². The van der Waals surface area contributed by atoms with E-state index < -0.39 is 5.43 Å². The van der Waals surface area contributed by atoms with Gasteiger partial charge in [0.25, 0.3) is 0 Å². The van der Waals surface area contributed by atoms with E-state index in [2.05, 4.69) is 0 Å². The third-order valence-corrected chi connectivity index (χ3v) is 6.16. The highest BCUT2D eigenvalue weighted by Crippen LogP contribution is 2.35. The lowest BCUT2D eigenvalue weighted by atomic mass is 10.0. The number of ketones is 1. The number of ether oxygens (including phenoxy) is 1. The van der Waals surface area contributed by atoms with Crippen LogP contribution in [0.1, 0.15) is 10.4 Å². The highest BCUT2D eigenvalue weighted by atomic mass is 35.5. The van der Waals surface area contributed by atoms with Gasteiger partial charge in [-0.05, 0) is 41.5 Å². The van der Waals surface area contributed by atoms with Gasteiger partial charge in [-0.1, -0.05) is 89.9 Å². The zero-order valence-corrected chi connectivity index (χ0v) is 19.8. The maximum absolute atomic E-state index is 13.3. The molecule has 172 valence electrons. The molecule has 0 aliphatic heterocycles. The third-order valence-electron chi connectivity index (χ3n) is 5.59. The van der Waals surface area contributed by atoms with Crippen molar-refractivity contribution in [2.24, 2.45) is 0 Å². The summed E-state index contributed by atoms with van der Waals surface area (Å²) in [6.45, 7) is -0.348. The standard InChI is InChI=1S/C29H18Cl2O4/c30-21-14-15-26-23(16-21)27(33)29(28(35-26)22-8-4-5-9-24(22)31)34-17-25(32)20-12-10-19(11-13-20)18-6-2-1-3-7-18/h1-16H,17H2. The summed E-state index contributed by atoms with van der Waals surface area (Å²) in [6, 6.07) is 28.8. The fourth-order valence-electron chi connectivity index (χ4n) is 3.80. The second kappa shape index (κ2) is 9.79. The molecule has 0 N–H and O–H groups in total. The van der Waals surface area contributed by atoms with E-state index in [0.29, 0.717) is 26.8 Å². The van der Waals surface area contributed by atoms with Crippen molar-refractivity contribution >= 4 is 40.0 Å². The van der Waals surface area contributed by atoms with Gasteiger partial charge in [-0.25, -0.2) is 0 Å². The summed E-state index contributed by atoms with van der Waals surface area (Å²) in [5.74, 6) is -0.218. The maximum atomic E-state index is 13.3. The van der Waals surface area contributed by atoms with Crippen LogP contribution < -0.4 is 10.2 Å². The molecule has 4 aromatic carbocycles. The van der Waals surface area contributed by atoms with Crippen LogP contribution in [0.3, 0.4) is 0 Å². The molecule has 0 atom stereocenters. The van der Waals surface area contributed by atoms with Gasteiger partial charge in [0.05, 0.1) is 10.4 Å². The van der Waals surface area contributed by atoms with Crippen LogP contribution in [0.25, 0.3) is 33.4 Å². The van der Waals surface area contributed by atoms with Gasteiger partial charge in [0.1, 0.15) is 5.58 Å². The molecule has 0 aliphatic rings. The average Bonchev–Trinajstić information content (AvgIpc) is 2.89. The molecule has 0 spiro atoms. The molecule has 0 saturated carbocycles. The molecule has 0 fully saturated rings. The van der Waals surface area contributed by atoms with E-state index in [1.54, 1.807) is 48.5 Å². The Morgan fingerprint density at radius 1 is 0.800 bits per heavy atom. The van der Waals surface area contributed by atoms with E-state index in [0.717, 1.165) is 11.1 Å². The number of fused-ring (bicyclic) bond motifs is 1. The Balaban J connectivity index is 1.48. The number of halogens is 2. The first-order valence-electron chi connectivity index (χ1n) is 10.8. The van der Waals surface area contributed by atoms with E-state index in [1.165, 1.54) is 6.07 Å². The molecule has 6 heteroatoms. The molecule has 5 rings (SSSR count). The highest BCUT2D eigenvalue weighted by molar-refractivity contribution is 6.33. The zero-order valence-electron chi connectivity index (χ0n) is 18.3. The minimum absolute atomic E-state index is 0.0953. The van der Waals surface area contributed by atoms with Crippen molar-refractivity contribution in [2.75, 3.05) is 6.61 Å². The third kappa shape index (κ3) is 4.72. The smallest absolute Gasteiger partial charge is 0.235 e. The highest BCUT2D eigenvalue weighted by Gasteiger charge is 2.21. The summed E-state index contributed by atoms with van der Waals surface area (Å²) in [4.78, 5) is 26.2. The molecule has 1 aromatic heterocycles. The van der Waals surface area contributed by atoms with Gasteiger partial charge in [-0.2, -0.15) is 0 Å². The predicted octanol–water partition coefficient (Wildman–Crippen LogP) is 7.70. The number of carbonyl (C=O) groups is 1. The van der Waals surface area contributed by atoms with Gasteiger partial charge >= 0.3 is 0 Å². The van der Waals surface area contributed by atoms with Gasteiger partial charge in [0, 0.05) is 16.1 Å². The van der Waals surface area contributed by atoms with Crippen molar-refractivity contribution in [1.82, 2.24) is 0 Å². The first-order chi connectivity index (χ1) is 17.0. The lowest BCUT2D eigenvalue weighted by molar-refractivity contribution is 0.0920. The number of hydrogen-bond acceptors (Lipinski definition) is 4. The fourth-order valence-corrected chi connectivity index (χ4v) is 4.20. The fraction of sp³-hybridized carbons (Fsp3) is 0.0345. The van der Waals surface area contributed by atoms with Gasteiger partial charge in [0.15, 0.2) is 18.2 Å². The summed E-state index contributed by atoms with van der Waals surface area (Å²) in [7, 11) is 0. The molecule has 35 heavy (non-hydrogen) atoms. The first kappa shape index (κ1) is 22.9. The van der Waals surface area contributed by atoms with Crippen molar-refractivity contribution in [3.05, 3.63) is 123 Å². The lowest BCUT2D eigenvalue weighted by Gasteiger charge is -2.12. The summed E-state index contributed by atoms with van der Waals surface area (Å²) in [5.41, 5.74) is 2.91. The maximum Gasteiger partial charge on any atom is 0.235 e. The van der Waals surface area contributed by atoms with Crippen LogP contribution in [-0.4, -0.2) is 12.4 Å². The second-order valence-corrected chi connectivity index (χ2v) is 8.71. The van der Waals surface area contributed by atoms with Crippen LogP contribution >= 0.6 is 23.2 Å². The number of benzene rings is 4. The van der Waals surface area contributed by atoms with Crippen molar-refractivity contribution < 1.29 is 13.9 Å². The molecule has 0 amide bonds. The Labute approximate surface area is 211 Å². The summed E-state index contributed by atoms with van der Waals surface area (Å²) in [6.07, 6.45) is 0. The number of rotatable bonds is 6. The Bertz CT molecular complexity index is 1590. The van der Waals surface area contributed by atoms with Crippen LogP contribution in [0.4, 0.5) is 0 Å². The van der Waals surface area contributed by atoms with Crippen LogP contribution in [0.2, 0.25) is 10.0 Å². The zero-order chi connectivity index (χ0) is 24.4. The number of Topliss-reactive ketones (excluding diaryl/α,β-unsaturated/α-hetero) is 1. The summed E-state index contributed by atoms with van der Waals surface area (Å²) in [5, 5.41) is 1.02. The minimum atomic E-state index is -0.434. The average molecular weight is 501 g/mol. The van der Waals surface area contributed by atoms with E-state index in [4.69, 9.17) is 32.4 Å².